The van der Waals surface area contributed by atoms with Crippen LogP contribution in [0.4, 0.5) is 5.69 Å². The van der Waals surface area contributed by atoms with E-state index in [0.717, 1.165) is 39.7 Å². The molecule has 0 aliphatic rings. The molecule has 1 unspecified atom stereocenters. The number of hydrogen-bond donors (Lipinski definition) is 5. The van der Waals surface area contributed by atoms with Crippen molar-refractivity contribution >= 4 is 17.5 Å². The SMILES string of the molecule is CC(=O)O.COc1c(C)cc(C(Nc2ccc(C(=N)N)cc2)c2nn(-c3ncccn3)c(=O)[nH]2)cc1C. The fourth-order valence-electron chi connectivity index (χ4n) is 3.70. The molecule has 2 heterocycles. The Labute approximate surface area is 212 Å². The number of aromatic nitrogens is 5. The molecule has 0 aliphatic carbocycles. The molecule has 2 aromatic carbocycles. The molecule has 12 heteroatoms. The number of carboxylic acids is 1. The Balaban J connectivity index is 0.000000886. The Morgan fingerprint density at radius 3 is 2.24 bits per heavy atom. The molecule has 192 valence electrons. The number of aryl methyl sites for hydroxylation is 2. The number of carboxylic acid groups (broad SMARTS) is 1. The molecule has 0 aliphatic heterocycles. The number of amidine groups is 1. The van der Waals surface area contributed by atoms with Crippen LogP contribution in [-0.2, 0) is 4.79 Å². The first-order chi connectivity index (χ1) is 17.6. The molecule has 0 spiro atoms. The summed E-state index contributed by atoms with van der Waals surface area (Å²) in [5.74, 6) is 0.536. The van der Waals surface area contributed by atoms with Crippen molar-refractivity contribution in [1.29, 1.82) is 5.41 Å². The van der Waals surface area contributed by atoms with Crippen LogP contribution in [0.25, 0.3) is 5.95 Å². The Hall–Kier alpha value is -5.00. The van der Waals surface area contributed by atoms with Gasteiger partial charge in [-0.1, -0.05) is 0 Å². The van der Waals surface area contributed by atoms with Crippen molar-refractivity contribution in [2.75, 3.05) is 12.4 Å². The fourth-order valence-corrected chi connectivity index (χ4v) is 3.70. The van der Waals surface area contributed by atoms with Gasteiger partial charge >= 0.3 is 5.69 Å². The van der Waals surface area contributed by atoms with Gasteiger partial charge in [-0.3, -0.25) is 15.2 Å². The van der Waals surface area contributed by atoms with Gasteiger partial charge in [-0.05, 0) is 73.0 Å². The number of anilines is 1. The van der Waals surface area contributed by atoms with Crippen molar-refractivity contribution in [1.82, 2.24) is 24.7 Å². The van der Waals surface area contributed by atoms with Gasteiger partial charge in [0.05, 0.1) is 7.11 Å². The third-order valence-electron chi connectivity index (χ3n) is 5.18. The van der Waals surface area contributed by atoms with Crippen LogP contribution in [0.3, 0.4) is 0 Å². The van der Waals surface area contributed by atoms with E-state index in [9.17, 15) is 4.79 Å². The van der Waals surface area contributed by atoms with Gasteiger partial charge in [0, 0.05) is 30.6 Å². The summed E-state index contributed by atoms with van der Waals surface area (Å²) in [5, 5.41) is 22.9. The number of hydrogen-bond acceptors (Lipinski definition) is 8. The highest BCUT2D eigenvalue weighted by molar-refractivity contribution is 5.95. The number of aliphatic carboxylic acids is 1. The minimum Gasteiger partial charge on any atom is -0.496 e. The predicted molar refractivity (Wildman–Crippen MR) is 138 cm³/mol. The van der Waals surface area contributed by atoms with E-state index in [1.54, 1.807) is 37.7 Å². The lowest BCUT2D eigenvalue weighted by Gasteiger charge is -2.20. The first kappa shape index (κ1) is 26.6. The van der Waals surface area contributed by atoms with Crippen molar-refractivity contribution in [3.8, 4) is 11.7 Å². The molecule has 0 fully saturated rings. The zero-order chi connectivity index (χ0) is 27.1. The fraction of sp³-hybridized carbons (Fsp3) is 0.200. The molecular weight excluding hydrogens is 476 g/mol. The summed E-state index contributed by atoms with van der Waals surface area (Å²) in [6, 6.07) is 12.3. The molecule has 0 amide bonds. The number of carbonyl (C=O) groups is 1. The topological polar surface area (TPSA) is 185 Å². The minimum absolute atomic E-state index is 0.00885. The van der Waals surface area contributed by atoms with Crippen molar-refractivity contribution in [2.24, 2.45) is 5.73 Å². The van der Waals surface area contributed by atoms with Crippen LogP contribution >= 0.6 is 0 Å². The largest absolute Gasteiger partial charge is 0.496 e. The predicted octanol–water partition coefficient (Wildman–Crippen LogP) is 2.55. The van der Waals surface area contributed by atoms with Crippen molar-refractivity contribution in [3.05, 3.63) is 93.4 Å². The Bertz CT molecular complexity index is 1420. The molecule has 0 saturated heterocycles. The summed E-state index contributed by atoms with van der Waals surface area (Å²) in [6.07, 6.45) is 3.09. The maximum Gasteiger partial charge on any atom is 0.350 e. The summed E-state index contributed by atoms with van der Waals surface area (Å²) >= 11 is 0. The van der Waals surface area contributed by atoms with Gasteiger partial charge < -0.3 is 20.9 Å². The van der Waals surface area contributed by atoms with E-state index in [4.69, 9.17) is 25.8 Å². The first-order valence-corrected chi connectivity index (χ1v) is 11.1. The van der Waals surface area contributed by atoms with E-state index in [1.807, 2.05) is 38.1 Å². The lowest BCUT2D eigenvalue weighted by Crippen LogP contribution is -2.18. The Morgan fingerprint density at radius 1 is 1.16 bits per heavy atom. The monoisotopic (exact) mass is 504 g/mol. The Kier molecular flexibility index (Phi) is 8.35. The van der Waals surface area contributed by atoms with E-state index in [2.05, 4.69) is 25.4 Å². The lowest BCUT2D eigenvalue weighted by atomic mass is 9.99. The number of aromatic amines is 1. The van der Waals surface area contributed by atoms with Gasteiger partial charge in [0.25, 0.3) is 11.9 Å². The number of nitrogens with two attached hydrogens (primary N) is 1. The van der Waals surface area contributed by atoms with Crippen LogP contribution in [0.2, 0.25) is 0 Å². The second kappa shape index (κ2) is 11.6. The molecular formula is C25H28N8O4. The highest BCUT2D eigenvalue weighted by Gasteiger charge is 2.22. The van der Waals surface area contributed by atoms with Gasteiger partial charge in [0.15, 0.2) is 5.82 Å². The van der Waals surface area contributed by atoms with Crippen LogP contribution in [0.5, 0.6) is 5.75 Å². The van der Waals surface area contributed by atoms with Crippen LogP contribution in [0.1, 0.15) is 41.0 Å². The van der Waals surface area contributed by atoms with Crippen LogP contribution in [0, 0.1) is 19.3 Å². The summed E-state index contributed by atoms with van der Waals surface area (Å²) in [5.41, 5.74) is 9.31. The molecule has 4 rings (SSSR count). The van der Waals surface area contributed by atoms with Gasteiger partial charge in [0.2, 0.25) is 0 Å². The minimum atomic E-state index is -0.833. The van der Waals surface area contributed by atoms with E-state index in [1.165, 1.54) is 0 Å². The number of rotatable bonds is 7. The third kappa shape index (κ3) is 6.57. The quantitative estimate of drug-likeness (QED) is 0.186. The number of methoxy groups -OCH3 is 1. The second-order valence-corrected chi connectivity index (χ2v) is 8.05. The van der Waals surface area contributed by atoms with Crippen LogP contribution in [0.15, 0.2) is 59.7 Å². The second-order valence-electron chi connectivity index (χ2n) is 8.05. The maximum atomic E-state index is 12.7. The molecule has 0 bridgehead atoms. The number of H-pyrrole nitrogens is 1. The average Bonchev–Trinajstić information content (AvgIpc) is 3.24. The van der Waals surface area contributed by atoms with E-state index in [-0.39, 0.29) is 11.8 Å². The average molecular weight is 505 g/mol. The van der Waals surface area contributed by atoms with E-state index < -0.39 is 17.7 Å². The van der Waals surface area contributed by atoms with Gasteiger partial charge in [0.1, 0.15) is 17.6 Å². The maximum absolute atomic E-state index is 12.7. The zero-order valence-electron chi connectivity index (χ0n) is 20.8. The number of nitrogens with one attached hydrogen (secondary N) is 3. The van der Waals surface area contributed by atoms with Gasteiger partial charge in [-0.15, -0.1) is 9.78 Å². The van der Waals surface area contributed by atoms with E-state index >= 15 is 0 Å². The van der Waals surface area contributed by atoms with Crippen molar-refractivity contribution in [3.63, 3.8) is 0 Å². The number of ether oxygens (including phenoxy) is 1. The van der Waals surface area contributed by atoms with Gasteiger partial charge in [-0.25, -0.2) is 14.8 Å². The van der Waals surface area contributed by atoms with Crippen LogP contribution < -0.4 is 21.5 Å². The zero-order valence-corrected chi connectivity index (χ0v) is 20.8. The number of nitrogen functional groups attached to an aromatic ring is 1. The molecule has 37 heavy (non-hydrogen) atoms. The van der Waals surface area contributed by atoms with E-state index in [0.29, 0.717) is 11.4 Å². The summed E-state index contributed by atoms with van der Waals surface area (Å²) < 4.78 is 6.64. The van der Waals surface area contributed by atoms with Gasteiger partial charge in [-0.2, -0.15) is 0 Å². The smallest absolute Gasteiger partial charge is 0.350 e. The Morgan fingerprint density at radius 2 is 1.73 bits per heavy atom. The van der Waals surface area contributed by atoms with Crippen molar-refractivity contribution in [2.45, 2.75) is 26.8 Å². The highest BCUT2D eigenvalue weighted by Crippen LogP contribution is 2.31. The van der Waals surface area contributed by atoms with Crippen molar-refractivity contribution < 1.29 is 14.6 Å². The highest BCUT2D eigenvalue weighted by atomic mass is 16.5. The number of benzene rings is 2. The molecule has 1 atom stereocenters. The standard InChI is InChI=1S/C23H24N8O2.C2H4O2/c1-13-11-16(12-14(2)19(13)33-3)18(28-17-7-5-15(6-8-17)20(24)25)21-29-23(32)31(30-21)22-26-9-4-10-27-22;1-2(3)4/h4-12,18,28H,1-3H3,(H3,24,25)(H,29,30,32);1H3,(H,3,4). The third-order valence-corrected chi connectivity index (χ3v) is 5.18. The first-order valence-electron chi connectivity index (χ1n) is 11.1. The molecule has 6 N–H and O–H groups in total. The summed E-state index contributed by atoms with van der Waals surface area (Å²) in [6.45, 7) is 5.01. The summed E-state index contributed by atoms with van der Waals surface area (Å²) in [7, 11) is 1.64. The molecule has 4 aromatic rings. The lowest BCUT2D eigenvalue weighted by molar-refractivity contribution is -0.134. The number of nitrogens with zero attached hydrogens (tertiary/aromatic N) is 4. The molecule has 0 saturated carbocycles. The molecule has 2 aromatic heterocycles. The molecule has 12 nitrogen and oxygen atoms in total. The van der Waals surface area contributed by atoms with Crippen LogP contribution in [-0.4, -0.2) is 48.8 Å². The normalized spacial score (nSPS) is 11.1. The summed E-state index contributed by atoms with van der Waals surface area (Å²) in [4.78, 5) is 32.7. The molecule has 0 radical (unpaired) electrons.